The number of carbonyl (C=O) groups is 1. The van der Waals surface area contributed by atoms with Crippen LogP contribution in [-0.2, 0) is 9.47 Å². The van der Waals surface area contributed by atoms with Crippen molar-refractivity contribution in [3.63, 3.8) is 0 Å². The molecular weight excluding hydrogens is 550 g/mol. The van der Waals surface area contributed by atoms with Crippen LogP contribution in [0.2, 0.25) is 0 Å². The average Bonchev–Trinajstić information content (AvgIpc) is 3.52. The number of amides is 2. The van der Waals surface area contributed by atoms with Crippen molar-refractivity contribution in [1.29, 1.82) is 0 Å². The summed E-state index contributed by atoms with van der Waals surface area (Å²) in [5.74, 6) is 2.67. The number of hydrogen-bond acceptors (Lipinski definition) is 9. The molecule has 3 aromatic rings. The maximum Gasteiger partial charge on any atom is 0.317 e. The molecule has 0 atom stereocenters. The van der Waals surface area contributed by atoms with Crippen LogP contribution in [0.4, 0.5) is 16.3 Å². The first-order chi connectivity index (χ1) is 21.0. The van der Waals surface area contributed by atoms with E-state index >= 15 is 0 Å². The Balaban J connectivity index is 1.22. The van der Waals surface area contributed by atoms with Gasteiger partial charge < -0.3 is 39.2 Å². The van der Waals surface area contributed by atoms with Crippen molar-refractivity contribution in [3.8, 4) is 17.2 Å². The summed E-state index contributed by atoms with van der Waals surface area (Å²) in [6, 6.07) is 10.2. The number of methoxy groups -OCH3 is 2. The Morgan fingerprint density at radius 2 is 1.58 bits per heavy atom. The van der Waals surface area contributed by atoms with E-state index in [4.69, 9.17) is 23.7 Å². The van der Waals surface area contributed by atoms with Gasteiger partial charge in [-0.2, -0.15) is 0 Å². The fourth-order valence-electron chi connectivity index (χ4n) is 5.55. The second-order valence-corrected chi connectivity index (χ2v) is 11.1. The first-order valence-electron chi connectivity index (χ1n) is 15.2. The number of nitrogens with zero attached hydrogens (tertiary/aromatic N) is 3. The summed E-state index contributed by atoms with van der Waals surface area (Å²) in [4.78, 5) is 23.5. The van der Waals surface area contributed by atoms with E-state index in [0.717, 1.165) is 53.6 Å². The third-order valence-corrected chi connectivity index (χ3v) is 7.93. The number of carbonyl (C=O) groups excluding carboxylic acids is 1. The molecule has 0 bridgehead atoms. The van der Waals surface area contributed by atoms with Gasteiger partial charge in [-0.3, -0.25) is 0 Å². The molecule has 1 aromatic heterocycles. The maximum atomic E-state index is 12.6. The summed E-state index contributed by atoms with van der Waals surface area (Å²) in [6.45, 7) is 5.14. The van der Waals surface area contributed by atoms with Crippen molar-refractivity contribution in [2.45, 2.75) is 57.6 Å². The van der Waals surface area contributed by atoms with Crippen LogP contribution in [0.3, 0.4) is 0 Å². The van der Waals surface area contributed by atoms with Crippen LogP contribution in [0, 0.1) is 6.92 Å². The molecule has 2 N–H and O–H groups in total. The van der Waals surface area contributed by atoms with E-state index in [1.54, 1.807) is 14.2 Å². The molecule has 2 aliphatic rings. The molecule has 0 spiro atoms. The molecular formula is C32H43N5O6. The molecule has 1 saturated carbocycles. The maximum absolute atomic E-state index is 12.6. The van der Waals surface area contributed by atoms with E-state index in [1.807, 2.05) is 42.2 Å². The first kappa shape index (κ1) is 30.6. The van der Waals surface area contributed by atoms with Crippen molar-refractivity contribution >= 4 is 28.4 Å². The zero-order valence-electron chi connectivity index (χ0n) is 25.4. The highest BCUT2D eigenvalue weighted by Gasteiger charge is 2.26. The lowest BCUT2D eigenvalue weighted by atomic mass is 10.1. The summed E-state index contributed by atoms with van der Waals surface area (Å²) in [7, 11) is 3.27. The van der Waals surface area contributed by atoms with Crippen molar-refractivity contribution in [1.82, 2.24) is 20.2 Å². The van der Waals surface area contributed by atoms with Gasteiger partial charge in [0.1, 0.15) is 37.2 Å². The number of ether oxygens (including phenoxy) is 5. The molecule has 11 nitrogen and oxygen atoms in total. The molecule has 2 fully saturated rings. The number of urea groups is 1. The summed E-state index contributed by atoms with van der Waals surface area (Å²) >= 11 is 0. The largest absolute Gasteiger partial charge is 0.490 e. The number of fused-ring (bicyclic) bond motifs is 1. The lowest BCUT2D eigenvalue weighted by Gasteiger charge is -2.33. The highest BCUT2D eigenvalue weighted by Crippen LogP contribution is 2.35. The van der Waals surface area contributed by atoms with E-state index in [1.165, 1.54) is 19.2 Å². The Labute approximate surface area is 253 Å². The van der Waals surface area contributed by atoms with Gasteiger partial charge in [0.2, 0.25) is 0 Å². The van der Waals surface area contributed by atoms with E-state index < -0.39 is 0 Å². The van der Waals surface area contributed by atoms with Crippen LogP contribution < -0.4 is 24.8 Å². The van der Waals surface area contributed by atoms with Crippen LogP contribution >= 0.6 is 0 Å². The minimum Gasteiger partial charge on any atom is -0.490 e. The number of piperidine rings is 1. The highest BCUT2D eigenvalue weighted by molar-refractivity contribution is 5.93. The van der Waals surface area contributed by atoms with E-state index in [9.17, 15) is 4.79 Å². The number of hydrogen-bond donors (Lipinski definition) is 2. The van der Waals surface area contributed by atoms with Gasteiger partial charge >= 0.3 is 6.03 Å². The predicted molar refractivity (Wildman–Crippen MR) is 165 cm³/mol. The van der Waals surface area contributed by atoms with Gasteiger partial charge in [0.25, 0.3) is 0 Å². The summed E-state index contributed by atoms with van der Waals surface area (Å²) in [5.41, 5.74) is 2.62. The first-order valence-corrected chi connectivity index (χ1v) is 15.2. The molecule has 2 heterocycles. The Morgan fingerprint density at radius 3 is 2.26 bits per heavy atom. The summed E-state index contributed by atoms with van der Waals surface area (Å²) in [5, 5.41) is 7.43. The van der Waals surface area contributed by atoms with Gasteiger partial charge in [0.05, 0.1) is 18.7 Å². The Kier molecular flexibility index (Phi) is 10.7. The predicted octanol–water partition coefficient (Wildman–Crippen LogP) is 5.23. The number of likely N-dealkylation sites (tertiary alicyclic amines) is 1. The van der Waals surface area contributed by atoms with Gasteiger partial charge in [-0.25, -0.2) is 14.8 Å². The van der Waals surface area contributed by atoms with Crippen molar-refractivity contribution in [2.75, 3.05) is 59.1 Å². The van der Waals surface area contributed by atoms with Gasteiger partial charge in [0, 0.05) is 63.3 Å². The monoisotopic (exact) mass is 593 g/mol. The molecule has 2 aromatic carbocycles. The SMILES string of the molecule is COCCOc1cc2ncnc(Nc3ccc(OC4CCN(C(=O)NC5CCCC5)CC4)c(C)c3)c2cc1OCCOC. The Bertz CT molecular complexity index is 1360. The van der Waals surface area contributed by atoms with Gasteiger partial charge in [0.15, 0.2) is 11.5 Å². The molecule has 0 unspecified atom stereocenters. The van der Waals surface area contributed by atoms with Crippen LogP contribution in [0.5, 0.6) is 17.2 Å². The molecule has 1 aliphatic heterocycles. The molecule has 1 aliphatic carbocycles. The lowest BCUT2D eigenvalue weighted by molar-refractivity contribution is 0.109. The van der Waals surface area contributed by atoms with Gasteiger partial charge in [-0.1, -0.05) is 12.8 Å². The van der Waals surface area contributed by atoms with Crippen LogP contribution in [0.25, 0.3) is 10.9 Å². The number of nitrogens with one attached hydrogen (secondary N) is 2. The van der Waals surface area contributed by atoms with Crippen LogP contribution in [0.15, 0.2) is 36.7 Å². The zero-order valence-corrected chi connectivity index (χ0v) is 25.4. The molecule has 2 amide bonds. The average molecular weight is 594 g/mol. The summed E-state index contributed by atoms with van der Waals surface area (Å²) in [6.07, 6.45) is 7.85. The lowest BCUT2D eigenvalue weighted by Crippen LogP contribution is -2.48. The third-order valence-electron chi connectivity index (χ3n) is 7.93. The number of aryl methyl sites for hydroxylation is 1. The fourth-order valence-corrected chi connectivity index (χ4v) is 5.55. The normalized spacial score (nSPS) is 15.9. The quantitative estimate of drug-likeness (QED) is 0.257. The standard InChI is InChI=1S/C32H43N5O6/c1-22-18-24(8-9-28(22)43-25-10-12-37(13-11-25)32(38)36-23-6-4-5-7-23)35-31-26-19-29(41-16-14-39-2)30(42-17-15-40-3)20-27(26)33-21-34-31/h8-9,18-21,23,25H,4-7,10-17H2,1-3H3,(H,36,38)(H,33,34,35). The van der Waals surface area contributed by atoms with E-state index in [-0.39, 0.29) is 12.1 Å². The molecule has 1 saturated heterocycles. The second kappa shape index (κ2) is 15.1. The summed E-state index contributed by atoms with van der Waals surface area (Å²) < 4.78 is 28.5. The van der Waals surface area contributed by atoms with Gasteiger partial charge in [-0.05, 0) is 49.6 Å². The van der Waals surface area contributed by atoms with E-state index in [0.29, 0.717) is 62.9 Å². The van der Waals surface area contributed by atoms with Crippen molar-refractivity contribution in [3.05, 3.63) is 42.2 Å². The van der Waals surface area contributed by atoms with Gasteiger partial charge in [-0.15, -0.1) is 0 Å². The Hall–Kier alpha value is -3.83. The number of anilines is 2. The van der Waals surface area contributed by atoms with Crippen LogP contribution in [-0.4, -0.2) is 86.8 Å². The fraction of sp³-hybridized carbons (Fsp3) is 0.531. The molecule has 11 heteroatoms. The number of benzene rings is 2. The number of rotatable bonds is 13. The topological polar surface area (TPSA) is 116 Å². The van der Waals surface area contributed by atoms with Crippen molar-refractivity contribution in [2.24, 2.45) is 0 Å². The van der Waals surface area contributed by atoms with E-state index in [2.05, 4.69) is 20.6 Å². The second-order valence-electron chi connectivity index (χ2n) is 11.1. The smallest absolute Gasteiger partial charge is 0.317 e. The minimum absolute atomic E-state index is 0.0673. The molecule has 0 radical (unpaired) electrons. The molecule has 43 heavy (non-hydrogen) atoms. The third kappa shape index (κ3) is 8.17. The Morgan fingerprint density at radius 1 is 0.884 bits per heavy atom. The zero-order chi connectivity index (χ0) is 30.0. The van der Waals surface area contributed by atoms with Crippen LogP contribution in [0.1, 0.15) is 44.1 Å². The van der Waals surface area contributed by atoms with Crippen molar-refractivity contribution < 1.29 is 28.5 Å². The molecule has 5 rings (SSSR count). The molecule has 232 valence electrons. The number of aromatic nitrogens is 2. The highest BCUT2D eigenvalue weighted by atomic mass is 16.5. The minimum atomic E-state index is 0.0673.